The van der Waals surface area contributed by atoms with Crippen LogP contribution in [0.15, 0.2) is 24.4 Å². The number of anilines is 1. The van der Waals surface area contributed by atoms with Crippen LogP contribution in [0.1, 0.15) is 0 Å². The third kappa shape index (κ3) is 1.87. The number of hydrogen-bond acceptors (Lipinski definition) is 4. The molecule has 1 N–H and O–H groups in total. The van der Waals surface area contributed by atoms with Crippen molar-refractivity contribution in [1.29, 1.82) is 0 Å². The van der Waals surface area contributed by atoms with Crippen molar-refractivity contribution in [1.82, 2.24) is 4.98 Å². The molecule has 1 aromatic heterocycles. The summed E-state index contributed by atoms with van der Waals surface area (Å²) in [5.41, 5.74) is 0. The molecule has 0 saturated carbocycles. The summed E-state index contributed by atoms with van der Waals surface area (Å²) in [6.45, 7) is 3.04. The molecule has 0 amide bonds. The van der Waals surface area contributed by atoms with Crippen molar-refractivity contribution in [2.45, 2.75) is 0 Å². The van der Waals surface area contributed by atoms with Crippen LogP contribution in [-0.2, 0) is 4.74 Å². The average Bonchev–Trinajstić information content (AvgIpc) is 2.43. The van der Waals surface area contributed by atoms with Crippen molar-refractivity contribution in [2.24, 2.45) is 0 Å². The second-order valence-corrected chi connectivity index (χ2v) is 4.63. The Morgan fingerprint density at radius 1 is 1.17 bits per heavy atom. The summed E-state index contributed by atoms with van der Waals surface area (Å²) in [5, 5.41) is 12.0. The largest absolute Gasteiger partial charge is 0.506 e. The molecule has 94 valence electrons. The molecule has 0 radical (unpaired) electrons. The van der Waals surface area contributed by atoms with Crippen molar-refractivity contribution in [3.05, 3.63) is 29.4 Å². The lowest BCUT2D eigenvalue weighted by atomic mass is 10.1. The van der Waals surface area contributed by atoms with Gasteiger partial charge < -0.3 is 14.7 Å². The second kappa shape index (κ2) is 4.63. The van der Waals surface area contributed by atoms with E-state index in [1.807, 2.05) is 6.07 Å². The predicted molar refractivity (Wildman–Crippen MR) is 71.4 cm³/mol. The zero-order valence-corrected chi connectivity index (χ0v) is 10.5. The van der Waals surface area contributed by atoms with Gasteiger partial charge in [0.2, 0.25) is 0 Å². The normalized spacial score (nSPS) is 16.2. The number of morpholine rings is 1. The lowest BCUT2D eigenvalue weighted by molar-refractivity contribution is 0.122. The number of ether oxygens (including phenoxy) is 1. The molecule has 1 aliphatic heterocycles. The minimum atomic E-state index is 0.117. The van der Waals surface area contributed by atoms with Crippen molar-refractivity contribution in [3.63, 3.8) is 0 Å². The third-order valence-corrected chi connectivity index (χ3v) is 3.46. The highest BCUT2D eigenvalue weighted by Gasteiger charge is 2.16. The number of phenols is 1. The maximum Gasteiger partial charge on any atom is 0.142 e. The first kappa shape index (κ1) is 11.6. The van der Waals surface area contributed by atoms with Crippen LogP contribution in [0.25, 0.3) is 10.8 Å². The summed E-state index contributed by atoms with van der Waals surface area (Å²) in [6, 6.07) is 5.38. The Morgan fingerprint density at radius 2 is 1.94 bits per heavy atom. The predicted octanol–water partition coefficient (Wildman–Crippen LogP) is 2.43. The number of aromatic hydroxyl groups is 1. The van der Waals surface area contributed by atoms with E-state index in [-0.39, 0.29) is 5.75 Å². The monoisotopic (exact) mass is 264 g/mol. The third-order valence-electron chi connectivity index (χ3n) is 3.16. The molecule has 4 nitrogen and oxygen atoms in total. The molecular formula is C13H13ClN2O2. The Hall–Kier alpha value is -1.52. The fourth-order valence-corrected chi connectivity index (χ4v) is 2.39. The Balaban J connectivity index is 2.14. The standard InChI is InChI=1S/C13H13ClN2O2/c14-11-2-1-10-9(12(11)17)3-4-15-13(10)16-5-7-18-8-6-16/h1-4,17H,5-8H2. The fraction of sp³-hybridized carbons (Fsp3) is 0.308. The molecule has 18 heavy (non-hydrogen) atoms. The summed E-state index contributed by atoms with van der Waals surface area (Å²) in [6.07, 6.45) is 1.70. The second-order valence-electron chi connectivity index (χ2n) is 4.23. The molecule has 1 fully saturated rings. The van der Waals surface area contributed by atoms with Gasteiger partial charge in [0.25, 0.3) is 0 Å². The van der Waals surface area contributed by atoms with Gasteiger partial charge in [-0.15, -0.1) is 0 Å². The van der Waals surface area contributed by atoms with Crippen LogP contribution in [0.3, 0.4) is 0 Å². The summed E-state index contributed by atoms with van der Waals surface area (Å²) < 4.78 is 5.34. The Morgan fingerprint density at radius 3 is 2.72 bits per heavy atom. The van der Waals surface area contributed by atoms with Crippen molar-refractivity contribution < 1.29 is 9.84 Å². The van der Waals surface area contributed by atoms with E-state index in [2.05, 4.69) is 9.88 Å². The molecule has 0 aliphatic carbocycles. The number of benzene rings is 1. The number of phenolic OH excluding ortho intramolecular Hbond substituents is 1. The van der Waals surface area contributed by atoms with Gasteiger partial charge in [-0.25, -0.2) is 4.98 Å². The van der Waals surface area contributed by atoms with Gasteiger partial charge in [0, 0.05) is 30.1 Å². The highest BCUT2D eigenvalue weighted by molar-refractivity contribution is 6.33. The first-order chi connectivity index (χ1) is 8.77. The van der Waals surface area contributed by atoms with Gasteiger partial charge >= 0.3 is 0 Å². The lowest BCUT2D eigenvalue weighted by Gasteiger charge is -2.28. The quantitative estimate of drug-likeness (QED) is 0.859. The van der Waals surface area contributed by atoms with E-state index in [9.17, 15) is 5.11 Å². The average molecular weight is 265 g/mol. The number of nitrogens with zero attached hydrogens (tertiary/aromatic N) is 2. The number of aromatic nitrogens is 1. The minimum absolute atomic E-state index is 0.117. The smallest absolute Gasteiger partial charge is 0.142 e. The van der Waals surface area contributed by atoms with Gasteiger partial charge in [-0.1, -0.05) is 11.6 Å². The van der Waals surface area contributed by atoms with E-state index in [0.717, 1.165) is 29.7 Å². The van der Waals surface area contributed by atoms with E-state index >= 15 is 0 Å². The van der Waals surface area contributed by atoms with Gasteiger partial charge in [0.1, 0.15) is 11.6 Å². The van der Waals surface area contributed by atoms with Crippen molar-refractivity contribution >= 4 is 28.2 Å². The van der Waals surface area contributed by atoms with Crippen LogP contribution in [0.5, 0.6) is 5.75 Å². The van der Waals surface area contributed by atoms with E-state index in [1.165, 1.54) is 0 Å². The topological polar surface area (TPSA) is 45.6 Å². The highest BCUT2D eigenvalue weighted by atomic mass is 35.5. The molecule has 0 atom stereocenters. The number of halogens is 1. The molecule has 0 unspecified atom stereocenters. The van der Waals surface area contributed by atoms with Gasteiger partial charge in [-0.2, -0.15) is 0 Å². The Kier molecular flexibility index (Phi) is 2.97. The van der Waals surface area contributed by atoms with Crippen LogP contribution in [-0.4, -0.2) is 36.4 Å². The fourth-order valence-electron chi connectivity index (χ4n) is 2.22. The number of pyridine rings is 1. The summed E-state index contributed by atoms with van der Waals surface area (Å²) in [5.74, 6) is 0.994. The van der Waals surface area contributed by atoms with Gasteiger partial charge in [-0.05, 0) is 18.2 Å². The van der Waals surface area contributed by atoms with E-state index in [0.29, 0.717) is 18.2 Å². The molecule has 3 rings (SSSR count). The summed E-state index contributed by atoms with van der Waals surface area (Å²) in [4.78, 5) is 6.58. The highest BCUT2D eigenvalue weighted by Crippen LogP contribution is 2.35. The van der Waals surface area contributed by atoms with Crippen LogP contribution in [0.2, 0.25) is 5.02 Å². The zero-order chi connectivity index (χ0) is 12.5. The SMILES string of the molecule is Oc1c(Cl)ccc2c(N3CCOCC3)nccc12. The lowest BCUT2D eigenvalue weighted by Crippen LogP contribution is -2.36. The van der Waals surface area contributed by atoms with Crippen LogP contribution in [0, 0.1) is 0 Å². The summed E-state index contributed by atoms with van der Waals surface area (Å²) >= 11 is 5.92. The van der Waals surface area contributed by atoms with Crippen LogP contribution in [0.4, 0.5) is 5.82 Å². The molecule has 2 aromatic rings. The molecule has 1 aliphatic rings. The molecule has 0 spiro atoms. The van der Waals surface area contributed by atoms with E-state index < -0.39 is 0 Å². The van der Waals surface area contributed by atoms with Crippen molar-refractivity contribution in [3.8, 4) is 5.75 Å². The number of hydrogen-bond donors (Lipinski definition) is 1. The Labute approximate surface area is 110 Å². The first-order valence-corrected chi connectivity index (χ1v) is 6.24. The molecule has 2 heterocycles. The summed E-state index contributed by atoms with van der Waals surface area (Å²) in [7, 11) is 0. The number of fused-ring (bicyclic) bond motifs is 1. The van der Waals surface area contributed by atoms with Crippen molar-refractivity contribution in [2.75, 3.05) is 31.2 Å². The van der Waals surface area contributed by atoms with E-state index in [4.69, 9.17) is 16.3 Å². The van der Waals surface area contributed by atoms with Gasteiger partial charge in [-0.3, -0.25) is 0 Å². The number of rotatable bonds is 1. The zero-order valence-electron chi connectivity index (χ0n) is 9.77. The molecule has 1 saturated heterocycles. The maximum atomic E-state index is 9.98. The Bertz CT molecular complexity index is 582. The van der Waals surface area contributed by atoms with Gasteiger partial charge in [0.05, 0.1) is 18.2 Å². The van der Waals surface area contributed by atoms with Crippen LogP contribution < -0.4 is 4.90 Å². The molecule has 1 aromatic carbocycles. The van der Waals surface area contributed by atoms with E-state index in [1.54, 1.807) is 18.3 Å². The van der Waals surface area contributed by atoms with Crippen LogP contribution >= 0.6 is 11.6 Å². The first-order valence-electron chi connectivity index (χ1n) is 5.86. The maximum absolute atomic E-state index is 9.98. The molecule has 0 bridgehead atoms. The molecular weight excluding hydrogens is 252 g/mol. The van der Waals surface area contributed by atoms with Gasteiger partial charge in [0.15, 0.2) is 0 Å². The molecule has 5 heteroatoms. The minimum Gasteiger partial charge on any atom is -0.506 e.